The Labute approximate surface area is 123 Å². The number of aliphatic hydroxyl groups is 1. The monoisotopic (exact) mass is 288 g/mol. The molecule has 0 aliphatic carbocycles. The highest BCUT2D eigenvalue weighted by molar-refractivity contribution is 5.73. The van der Waals surface area contributed by atoms with Crippen LogP contribution in [0.3, 0.4) is 0 Å². The third-order valence-electron chi connectivity index (χ3n) is 2.98. The Morgan fingerprint density at radius 1 is 1.19 bits per heavy atom. The van der Waals surface area contributed by atoms with Gasteiger partial charge in [0.05, 0.1) is 11.9 Å². The molecule has 0 aliphatic heterocycles. The van der Waals surface area contributed by atoms with Crippen LogP contribution in [0.2, 0.25) is 0 Å². The van der Waals surface area contributed by atoms with E-state index in [0.29, 0.717) is 19.5 Å². The molecule has 6 heteroatoms. The Balaban J connectivity index is 1.75. The van der Waals surface area contributed by atoms with Crippen LogP contribution in [0.1, 0.15) is 12.0 Å². The van der Waals surface area contributed by atoms with E-state index in [9.17, 15) is 4.79 Å². The quantitative estimate of drug-likeness (QED) is 0.667. The molecule has 0 radical (unpaired) electrons. The van der Waals surface area contributed by atoms with E-state index in [1.807, 2.05) is 41.2 Å². The average molecular weight is 288 g/mol. The maximum absolute atomic E-state index is 11.4. The van der Waals surface area contributed by atoms with E-state index in [0.717, 1.165) is 17.7 Å². The van der Waals surface area contributed by atoms with Gasteiger partial charge in [-0.3, -0.25) is 0 Å². The Kier molecular flexibility index (Phi) is 5.78. The molecule has 0 saturated heterocycles. The van der Waals surface area contributed by atoms with E-state index in [-0.39, 0.29) is 12.6 Å². The Morgan fingerprint density at radius 3 is 2.71 bits per heavy atom. The fraction of sp³-hybridized carbons (Fsp3) is 0.333. The van der Waals surface area contributed by atoms with Crippen LogP contribution >= 0.6 is 0 Å². The van der Waals surface area contributed by atoms with E-state index in [1.165, 1.54) is 0 Å². The molecule has 2 rings (SSSR count). The van der Waals surface area contributed by atoms with E-state index in [2.05, 4.69) is 15.7 Å². The van der Waals surface area contributed by atoms with Crippen LogP contribution in [0.15, 0.2) is 42.7 Å². The van der Waals surface area contributed by atoms with Gasteiger partial charge in [-0.15, -0.1) is 0 Å². The van der Waals surface area contributed by atoms with Gasteiger partial charge in [-0.1, -0.05) is 18.2 Å². The smallest absolute Gasteiger partial charge is 0.314 e. The summed E-state index contributed by atoms with van der Waals surface area (Å²) < 4.78 is 1.82. The number of hydrogen-bond donors (Lipinski definition) is 3. The topological polar surface area (TPSA) is 79.2 Å². The van der Waals surface area contributed by atoms with Gasteiger partial charge in [0.15, 0.2) is 0 Å². The van der Waals surface area contributed by atoms with E-state index in [1.54, 1.807) is 6.20 Å². The number of carbonyl (C=O) groups is 1. The molecule has 1 aromatic heterocycles. The van der Waals surface area contributed by atoms with Crippen molar-refractivity contribution in [2.24, 2.45) is 0 Å². The number of aromatic nitrogens is 2. The zero-order valence-corrected chi connectivity index (χ0v) is 11.8. The highest BCUT2D eigenvalue weighted by atomic mass is 16.3. The van der Waals surface area contributed by atoms with Crippen molar-refractivity contribution in [3.8, 4) is 5.69 Å². The lowest BCUT2D eigenvalue weighted by Crippen LogP contribution is -2.37. The Bertz CT molecular complexity index is 554. The molecule has 112 valence electrons. The van der Waals surface area contributed by atoms with Crippen molar-refractivity contribution in [3.05, 3.63) is 48.3 Å². The summed E-state index contributed by atoms with van der Waals surface area (Å²) in [6.45, 7) is 1.11. The van der Waals surface area contributed by atoms with Gasteiger partial charge in [0, 0.05) is 25.9 Å². The van der Waals surface area contributed by atoms with Gasteiger partial charge >= 0.3 is 6.03 Å². The van der Waals surface area contributed by atoms with Crippen LogP contribution in [0.4, 0.5) is 4.79 Å². The molecule has 21 heavy (non-hydrogen) atoms. The first-order chi connectivity index (χ1) is 10.3. The van der Waals surface area contributed by atoms with Gasteiger partial charge in [0.25, 0.3) is 0 Å². The van der Waals surface area contributed by atoms with Gasteiger partial charge in [-0.05, 0) is 30.5 Å². The zero-order chi connectivity index (χ0) is 14.9. The second-order valence-corrected chi connectivity index (χ2v) is 4.64. The predicted molar refractivity (Wildman–Crippen MR) is 80.4 cm³/mol. The van der Waals surface area contributed by atoms with Gasteiger partial charge in [-0.2, -0.15) is 5.10 Å². The van der Waals surface area contributed by atoms with Gasteiger partial charge in [0.1, 0.15) is 0 Å². The van der Waals surface area contributed by atoms with Crippen molar-refractivity contribution in [1.82, 2.24) is 20.4 Å². The maximum Gasteiger partial charge on any atom is 0.314 e. The van der Waals surface area contributed by atoms with E-state index >= 15 is 0 Å². The minimum Gasteiger partial charge on any atom is -0.396 e. The lowest BCUT2D eigenvalue weighted by molar-refractivity contribution is 0.238. The van der Waals surface area contributed by atoms with Crippen molar-refractivity contribution < 1.29 is 9.90 Å². The van der Waals surface area contributed by atoms with E-state index in [4.69, 9.17) is 5.11 Å². The van der Waals surface area contributed by atoms with Crippen molar-refractivity contribution >= 4 is 6.03 Å². The molecule has 0 atom stereocenters. The van der Waals surface area contributed by atoms with Gasteiger partial charge in [-0.25, -0.2) is 9.48 Å². The number of urea groups is 1. The summed E-state index contributed by atoms with van der Waals surface area (Å²) in [5.41, 5.74) is 2.08. The summed E-state index contributed by atoms with van der Waals surface area (Å²) in [6, 6.07) is 9.67. The first-order valence-corrected chi connectivity index (χ1v) is 7.01. The number of aliphatic hydroxyl groups excluding tert-OH is 1. The van der Waals surface area contributed by atoms with Gasteiger partial charge < -0.3 is 15.7 Å². The minimum absolute atomic E-state index is 0.0823. The number of para-hydroxylation sites is 1. The highest BCUT2D eigenvalue weighted by Gasteiger charge is 2.02. The molecule has 3 N–H and O–H groups in total. The third-order valence-corrected chi connectivity index (χ3v) is 2.98. The number of amides is 2. The third kappa shape index (κ3) is 4.92. The number of nitrogens with zero attached hydrogens (tertiary/aromatic N) is 2. The van der Waals surface area contributed by atoms with Crippen molar-refractivity contribution in [3.63, 3.8) is 0 Å². The van der Waals surface area contributed by atoms with Crippen LogP contribution in [-0.2, 0) is 6.42 Å². The molecule has 0 unspecified atom stereocenters. The van der Waals surface area contributed by atoms with Gasteiger partial charge in [0.2, 0.25) is 0 Å². The Hall–Kier alpha value is -2.34. The Morgan fingerprint density at radius 2 is 1.95 bits per heavy atom. The number of carbonyl (C=O) groups excluding carboxylic acids is 1. The maximum atomic E-state index is 11.4. The van der Waals surface area contributed by atoms with Crippen molar-refractivity contribution in [2.75, 3.05) is 19.7 Å². The summed E-state index contributed by atoms with van der Waals surface area (Å²) in [4.78, 5) is 11.4. The number of benzene rings is 1. The first kappa shape index (κ1) is 15.1. The second kappa shape index (κ2) is 8.06. The second-order valence-electron chi connectivity index (χ2n) is 4.64. The van der Waals surface area contributed by atoms with Crippen LogP contribution in [0, 0.1) is 0 Å². The lowest BCUT2D eigenvalue weighted by Gasteiger charge is -2.05. The molecule has 0 saturated carbocycles. The highest BCUT2D eigenvalue weighted by Crippen LogP contribution is 2.07. The number of nitrogens with one attached hydrogen (secondary N) is 2. The summed E-state index contributed by atoms with van der Waals surface area (Å²) in [5.74, 6) is 0. The summed E-state index contributed by atoms with van der Waals surface area (Å²) in [6.07, 6.45) is 5.05. The largest absolute Gasteiger partial charge is 0.396 e. The standard InChI is InChI=1S/C15H20N4O2/c20-10-4-8-16-15(21)17-9-7-13-11-18-19(12-13)14-5-2-1-3-6-14/h1-3,5-6,11-12,20H,4,7-10H2,(H2,16,17,21). The average Bonchev–Trinajstić information content (AvgIpc) is 2.97. The summed E-state index contributed by atoms with van der Waals surface area (Å²) >= 11 is 0. The zero-order valence-electron chi connectivity index (χ0n) is 11.8. The fourth-order valence-corrected chi connectivity index (χ4v) is 1.87. The number of hydrogen-bond acceptors (Lipinski definition) is 3. The first-order valence-electron chi connectivity index (χ1n) is 7.01. The fourth-order valence-electron chi connectivity index (χ4n) is 1.87. The lowest BCUT2D eigenvalue weighted by atomic mass is 10.2. The van der Waals surface area contributed by atoms with Crippen LogP contribution < -0.4 is 10.6 Å². The molecule has 6 nitrogen and oxygen atoms in total. The summed E-state index contributed by atoms with van der Waals surface area (Å²) in [7, 11) is 0. The molecule has 1 aromatic carbocycles. The molecule has 0 aliphatic rings. The molecule has 2 amide bonds. The normalized spacial score (nSPS) is 10.3. The molecule has 1 heterocycles. The minimum atomic E-state index is -0.209. The van der Waals surface area contributed by atoms with E-state index < -0.39 is 0 Å². The SMILES string of the molecule is O=C(NCCCO)NCCc1cnn(-c2ccccc2)c1. The summed E-state index contributed by atoms with van der Waals surface area (Å²) in [5, 5.41) is 18.4. The van der Waals surface area contributed by atoms with Crippen LogP contribution in [0.25, 0.3) is 5.69 Å². The number of rotatable bonds is 7. The van der Waals surface area contributed by atoms with Crippen LogP contribution in [0.5, 0.6) is 0 Å². The van der Waals surface area contributed by atoms with Crippen LogP contribution in [-0.4, -0.2) is 40.6 Å². The molecular formula is C15H20N4O2. The molecule has 0 fully saturated rings. The molecule has 0 spiro atoms. The predicted octanol–water partition coefficient (Wildman–Crippen LogP) is 1.10. The van der Waals surface area contributed by atoms with Crippen molar-refractivity contribution in [2.45, 2.75) is 12.8 Å². The molecular weight excluding hydrogens is 268 g/mol. The van der Waals surface area contributed by atoms with Crippen molar-refractivity contribution in [1.29, 1.82) is 0 Å². The molecule has 0 bridgehead atoms. The molecule has 2 aromatic rings.